The highest BCUT2D eigenvalue weighted by Crippen LogP contribution is 2.34. The molecule has 0 aliphatic heterocycles. The molecule has 2 aromatic rings. The molecule has 1 aromatic carbocycles. The topological polar surface area (TPSA) is 124 Å². The largest absolute Gasteiger partial charge is 0.501 e. The summed E-state index contributed by atoms with van der Waals surface area (Å²) in [4.78, 5) is 26.1. The number of hydrogen-bond acceptors (Lipinski definition) is 7. The van der Waals surface area contributed by atoms with E-state index in [1.165, 1.54) is 36.5 Å². The molecule has 0 saturated carbocycles. The molecule has 0 bridgehead atoms. The highest BCUT2D eigenvalue weighted by atomic mass is 19.1. The number of benzene rings is 1. The van der Waals surface area contributed by atoms with Gasteiger partial charge in [-0.1, -0.05) is 12.1 Å². The van der Waals surface area contributed by atoms with Crippen LogP contribution in [0.5, 0.6) is 17.4 Å². The Morgan fingerprint density at radius 2 is 1.96 bits per heavy atom. The van der Waals surface area contributed by atoms with E-state index >= 15 is 0 Å². The summed E-state index contributed by atoms with van der Waals surface area (Å²) in [5.74, 6) is -2.08. The molecule has 8 nitrogen and oxygen atoms in total. The minimum Gasteiger partial charge on any atom is -0.501 e. The van der Waals surface area contributed by atoms with E-state index in [0.29, 0.717) is 5.56 Å². The molecule has 0 saturated heterocycles. The van der Waals surface area contributed by atoms with Crippen LogP contribution in [0.15, 0.2) is 36.5 Å². The van der Waals surface area contributed by atoms with Crippen molar-refractivity contribution in [3.63, 3.8) is 0 Å². The van der Waals surface area contributed by atoms with Gasteiger partial charge in [0.25, 0.3) is 5.88 Å². The van der Waals surface area contributed by atoms with E-state index in [1.54, 1.807) is 0 Å². The molecule has 0 aliphatic rings. The van der Waals surface area contributed by atoms with E-state index in [1.807, 2.05) is 5.32 Å². The van der Waals surface area contributed by atoms with Crippen molar-refractivity contribution in [2.24, 2.45) is 5.73 Å². The maximum absolute atomic E-state index is 12.8. The van der Waals surface area contributed by atoms with Crippen LogP contribution in [0.3, 0.4) is 0 Å². The lowest BCUT2D eigenvalue weighted by Crippen LogP contribution is -2.37. The number of nitrogens with zero attached hydrogens (tertiary/aromatic N) is 1. The Hall–Kier alpha value is -3.20. The monoisotopic (exact) mass is 335 g/mol. The summed E-state index contributed by atoms with van der Waals surface area (Å²) >= 11 is 0. The van der Waals surface area contributed by atoms with E-state index in [0.717, 1.165) is 0 Å². The molecule has 126 valence electrons. The standard InChI is InChI=1S/C15H14FN3O5/c16-10-3-1-9(2-4-10)8-23-11-5-6-18-14(13(11)21)24-15(22)19-12(20)7-17/h1-6,21H,7-8,17H2,(H,19,20,22). The molecule has 1 heterocycles. The minimum atomic E-state index is -1.14. The summed E-state index contributed by atoms with van der Waals surface area (Å²) < 4.78 is 22.9. The Balaban J connectivity index is 2.03. The normalized spacial score (nSPS) is 10.1. The van der Waals surface area contributed by atoms with E-state index in [2.05, 4.69) is 4.98 Å². The van der Waals surface area contributed by atoms with Gasteiger partial charge in [0.2, 0.25) is 11.7 Å². The van der Waals surface area contributed by atoms with E-state index in [4.69, 9.17) is 15.2 Å². The van der Waals surface area contributed by atoms with Gasteiger partial charge in [0.05, 0.1) is 6.54 Å². The molecule has 0 unspecified atom stereocenters. The quantitative estimate of drug-likeness (QED) is 0.747. The third kappa shape index (κ3) is 4.65. The van der Waals surface area contributed by atoms with Gasteiger partial charge in [0, 0.05) is 12.3 Å². The first-order valence-electron chi connectivity index (χ1n) is 6.76. The van der Waals surface area contributed by atoms with Crippen molar-refractivity contribution in [1.29, 1.82) is 0 Å². The molecule has 4 N–H and O–H groups in total. The Morgan fingerprint density at radius 1 is 1.25 bits per heavy atom. The zero-order valence-electron chi connectivity index (χ0n) is 12.4. The van der Waals surface area contributed by atoms with E-state index in [9.17, 15) is 19.1 Å². The summed E-state index contributed by atoms with van der Waals surface area (Å²) in [7, 11) is 0. The Morgan fingerprint density at radius 3 is 2.62 bits per heavy atom. The third-order valence-corrected chi connectivity index (χ3v) is 2.78. The number of amides is 2. The van der Waals surface area contributed by atoms with Crippen LogP contribution >= 0.6 is 0 Å². The molecule has 2 rings (SSSR count). The lowest BCUT2D eigenvalue weighted by Gasteiger charge is -2.10. The van der Waals surface area contributed by atoms with Gasteiger partial charge in [-0.15, -0.1) is 0 Å². The number of halogens is 1. The number of carbonyl (C=O) groups is 2. The molecule has 1 aromatic heterocycles. The van der Waals surface area contributed by atoms with Gasteiger partial charge in [-0.3, -0.25) is 10.1 Å². The SMILES string of the molecule is NCC(=O)NC(=O)Oc1nccc(OCc2ccc(F)cc2)c1O. The predicted octanol–water partition coefficient (Wildman–Crippen LogP) is 1.08. The molecular formula is C15H14FN3O5. The van der Waals surface area contributed by atoms with Crippen LogP contribution in [0.25, 0.3) is 0 Å². The zero-order chi connectivity index (χ0) is 17.5. The van der Waals surface area contributed by atoms with E-state index in [-0.39, 0.29) is 18.2 Å². The van der Waals surface area contributed by atoms with Crippen molar-refractivity contribution in [3.8, 4) is 17.4 Å². The number of pyridine rings is 1. The summed E-state index contributed by atoms with van der Waals surface area (Å²) in [5, 5.41) is 11.8. The summed E-state index contributed by atoms with van der Waals surface area (Å²) in [5.41, 5.74) is 5.71. The van der Waals surface area contributed by atoms with Gasteiger partial charge in [0.15, 0.2) is 5.75 Å². The first-order chi connectivity index (χ1) is 11.5. The van der Waals surface area contributed by atoms with Crippen molar-refractivity contribution in [2.75, 3.05) is 6.54 Å². The van der Waals surface area contributed by atoms with Gasteiger partial charge in [-0.25, -0.2) is 14.2 Å². The van der Waals surface area contributed by atoms with E-state index < -0.39 is 30.2 Å². The minimum absolute atomic E-state index is 0.00211. The first-order valence-corrected chi connectivity index (χ1v) is 6.76. The lowest BCUT2D eigenvalue weighted by molar-refractivity contribution is -0.118. The fourth-order valence-electron chi connectivity index (χ4n) is 1.63. The molecule has 2 amide bonds. The van der Waals surface area contributed by atoms with Gasteiger partial charge < -0.3 is 20.3 Å². The van der Waals surface area contributed by atoms with Gasteiger partial charge in [-0.2, -0.15) is 0 Å². The number of nitrogens with two attached hydrogens (primary N) is 1. The van der Waals surface area contributed by atoms with Crippen molar-refractivity contribution in [1.82, 2.24) is 10.3 Å². The summed E-state index contributed by atoms with van der Waals surface area (Å²) in [6.07, 6.45) is 0.108. The molecule has 0 atom stereocenters. The molecular weight excluding hydrogens is 321 g/mol. The second-order valence-corrected chi connectivity index (χ2v) is 4.52. The predicted molar refractivity (Wildman–Crippen MR) is 79.9 cm³/mol. The smallest absolute Gasteiger partial charge is 0.420 e. The second-order valence-electron chi connectivity index (χ2n) is 4.52. The molecule has 0 radical (unpaired) electrons. The third-order valence-electron chi connectivity index (χ3n) is 2.78. The first kappa shape index (κ1) is 17.2. The van der Waals surface area contributed by atoms with Crippen LogP contribution in [0.1, 0.15) is 5.56 Å². The Kier molecular flexibility index (Phi) is 5.63. The summed E-state index contributed by atoms with van der Waals surface area (Å²) in [6, 6.07) is 6.96. The number of aromatic hydroxyl groups is 1. The van der Waals surface area contributed by atoms with Crippen molar-refractivity contribution in [2.45, 2.75) is 6.61 Å². The fourth-order valence-corrected chi connectivity index (χ4v) is 1.63. The van der Waals surface area contributed by atoms with Crippen LogP contribution in [-0.4, -0.2) is 28.6 Å². The number of aromatic nitrogens is 1. The molecule has 0 spiro atoms. The second kappa shape index (κ2) is 7.88. The summed E-state index contributed by atoms with van der Waals surface area (Å²) in [6.45, 7) is -0.343. The number of carbonyl (C=O) groups excluding carboxylic acids is 2. The van der Waals surface area contributed by atoms with Crippen LogP contribution in [0.2, 0.25) is 0 Å². The lowest BCUT2D eigenvalue weighted by atomic mass is 10.2. The average molecular weight is 335 g/mol. The molecule has 0 fully saturated rings. The molecule has 9 heteroatoms. The number of imide groups is 1. The van der Waals surface area contributed by atoms with Gasteiger partial charge in [0.1, 0.15) is 12.4 Å². The van der Waals surface area contributed by atoms with Crippen molar-refractivity contribution < 1.29 is 28.6 Å². The Bertz CT molecular complexity index is 736. The highest BCUT2D eigenvalue weighted by Gasteiger charge is 2.16. The van der Waals surface area contributed by atoms with Crippen molar-refractivity contribution in [3.05, 3.63) is 47.9 Å². The molecule has 24 heavy (non-hydrogen) atoms. The number of nitrogens with one attached hydrogen (secondary N) is 1. The van der Waals surface area contributed by atoms with Crippen molar-refractivity contribution >= 4 is 12.0 Å². The van der Waals surface area contributed by atoms with Crippen LogP contribution in [0.4, 0.5) is 9.18 Å². The van der Waals surface area contributed by atoms with Gasteiger partial charge in [-0.05, 0) is 17.7 Å². The fraction of sp³-hybridized carbons (Fsp3) is 0.133. The number of hydrogen-bond donors (Lipinski definition) is 3. The highest BCUT2D eigenvalue weighted by molar-refractivity contribution is 5.93. The Labute approximate surface area is 136 Å². The maximum Gasteiger partial charge on any atom is 0.420 e. The molecule has 0 aliphatic carbocycles. The van der Waals surface area contributed by atoms with Crippen LogP contribution in [-0.2, 0) is 11.4 Å². The van der Waals surface area contributed by atoms with Crippen LogP contribution in [0, 0.1) is 5.82 Å². The number of rotatable bonds is 5. The number of ether oxygens (including phenoxy) is 2. The van der Waals surface area contributed by atoms with Gasteiger partial charge >= 0.3 is 6.09 Å². The van der Waals surface area contributed by atoms with Crippen LogP contribution < -0.4 is 20.5 Å². The zero-order valence-corrected chi connectivity index (χ0v) is 12.4. The maximum atomic E-state index is 12.8. The average Bonchev–Trinajstić information content (AvgIpc) is 2.57.